The minimum atomic E-state index is -0.461. The van der Waals surface area contributed by atoms with Crippen molar-refractivity contribution in [2.45, 2.75) is 6.92 Å². The summed E-state index contributed by atoms with van der Waals surface area (Å²) in [5.74, 6) is 0.391. The summed E-state index contributed by atoms with van der Waals surface area (Å²) >= 11 is 3.21. The molecule has 0 saturated carbocycles. The standard InChI is InChI=1S/C19H21BrFN3O2/c1-2-26-18-6-4-3-5-17(18)23-9-11-24(12-10-23)19(25)22-16-8-7-14(20)13-15(16)21/h3-8,13H,2,9-12H2,1H3,(H,22,25). The van der Waals surface area contributed by atoms with Crippen LogP contribution in [0.2, 0.25) is 0 Å². The van der Waals surface area contributed by atoms with Gasteiger partial charge in [-0.2, -0.15) is 0 Å². The van der Waals surface area contributed by atoms with Crippen LogP contribution < -0.4 is 15.0 Å². The summed E-state index contributed by atoms with van der Waals surface area (Å²) in [4.78, 5) is 16.3. The summed E-state index contributed by atoms with van der Waals surface area (Å²) in [6.07, 6.45) is 0. The predicted octanol–water partition coefficient (Wildman–Crippen LogP) is 4.34. The summed E-state index contributed by atoms with van der Waals surface area (Å²) in [5, 5.41) is 2.64. The van der Waals surface area contributed by atoms with E-state index in [9.17, 15) is 9.18 Å². The third-order valence-electron chi connectivity index (χ3n) is 4.25. The number of ether oxygens (including phenoxy) is 1. The van der Waals surface area contributed by atoms with Gasteiger partial charge in [-0.1, -0.05) is 28.1 Å². The zero-order valence-electron chi connectivity index (χ0n) is 14.5. The summed E-state index contributed by atoms with van der Waals surface area (Å²) < 4.78 is 20.2. The number of nitrogens with one attached hydrogen (secondary N) is 1. The third kappa shape index (κ3) is 4.27. The Kier molecular flexibility index (Phi) is 5.98. The van der Waals surface area contributed by atoms with Gasteiger partial charge in [-0.25, -0.2) is 9.18 Å². The first-order valence-electron chi connectivity index (χ1n) is 8.56. The zero-order chi connectivity index (χ0) is 18.5. The average Bonchev–Trinajstić information content (AvgIpc) is 2.65. The first-order valence-corrected chi connectivity index (χ1v) is 9.35. The highest BCUT2D eigenvalue weighted by atomic mass is 79.9. The molecule has 7 heteroatoms. The van der Waals surface area contributed by atoms with Crippen molar-refractivity contribution in [3.8, 4) is 5.75 Å². The van der Waals surface area contributed by atoms with E-state index in [4.69, 9.17) is 4.74 Å². The Balaban J connectivity index is 1.60. The first-order chi connectivity index (χ1) is 12.6. The van der Waals surface area contributed by atoms with Crippen molar-refractivity contribution in [2.75, 3.05) is 43.0 Å². The Labute approximate surface area is 160 Å². The molecule has 0 unspecified atom stereocenters. The van der Waals surface area contributed by atoms with Crippen LogP contribution in [0.5, 0.6) is 5.75 Å². The summed E-state index contributed by atoms with van der Waals surface area (Å²) in [6, 6.07) is 12.2. The average molecular weight is 422 g/mol. The molecule has 0 bridgehead atoms. The van der Waals surface area contributed by atoms with Crippen LogP contribution in [0.15, 0.2) is 46.9 Å². The molecule has 5 nitrogen and oxygen atoms in total. The molecule has 26 heavy (non-hydrogen) atoms. The minimum Gasteiger partial charge on any atom is -0.492 e. The van der Waals surface area contributed by atoms with Crippen LogP contribution in [-0.4, -0.2) is 43.7 Å². The van der Waals surface area contributed by atoms with E-state index in [-0.39, 0.29) is 11.7 Å². The van der Waals surface area contributed by atoms with Crippen molar-refractivity contribution in [1.29, 1.82) is 0 Å². The lowest BCUT2D eigenvalue weighted by molar-refractivity contribution is 0.208. The van der Waals surface area contributed by atoms with Gasteiger partial charge in [0.05, 0.1) is 18.0 Å². The van der Waals surface area contributed by atoms with E-state index in [1.165, 1.54) is 6.07 Å². The maximum absolute atomic E-state index is 13.9. The van der Waals surface area contributed by atoms with Crippen LogP contribution in [0, 0.1) is 5.82 Å². The lowest BCUT2D eigenvalue weighted by Crippen LogP contribution is -2.50. The second-order valence-corrected chi connectivity index (χ2v) is 6.84. The van der Waals surface area contributed by atoms with Crippen molar-refractivity contribution in [3.05, 3.63) is 52.8 Å². The summed E-state index contributed by atoms with van der Waals surface area (Å²) in [6.45, 7) is 5.08. The fourth-order valence-corrected chi connectivity index (χ4v) is 3.26. The molecule has 0 aromatic heterocycles. The molecule has 1 aliphatic heterocycles. The van der Waals surface area contributed by atoms with Crippen molar-refractivity contribution in [2.24, 2.45) is 0 Å². The number of amides is 2. The highest BCUT2D eigenvalue weighted by Gasteiger charge is 2.23. The zero-order valence-corrected chi connectivity index (χ0v) is 16.1. The monoisotopic (exact) mass is 421 g/mol. The fourth-order valence-electron chi connectivity index (χ4n) is 2.93. The number of halogens is 2. The van der Waals surface area contributed by atoms with Crippen LogP contribution >= 0.6 is 15.9 Å². The van der Waals surface area contributed by atoms with Crippen LogP contribution in [0.1, 0.15) is 6.92 Å². The second-order valence-electron chi connectivity index (χ2n) is 5.93. The molecule has 2 aromatic rings. The lowest BCUT2D eigenvalue weighted by Gasteiger charge is -2.36. The van der Waals surface area contributed by atoms with E-state index in [0.717, 1.165) is 11.4 Å². The number of carbonyl (C=O) groups excluding carboxylic acids is 1. The molecule has 2 amide bonds. The second kappa shape index (κ2) is 8.40. The Morgan fingerprint density at radius 3 is 2.62 bits per heavy atom. The number of para-hydroxylation sites is 2. The molecule has 0 atom stereocenters. The number of urea groups is 1. The van der Waals surface area contributed by atoms with E-state index >= 15 is 0 Å². The van der Waals surface area contributed by atoms with E-state index in [1.54, 1.807) is 17.0 Å². The maximum atomic E-state index is 13.9. The molecule has 1 heterocycles. The van der Waals surface area contributed by atoms with E-state index in [1.807, 2.05) is 31.2 Å². The maximum Gasteiger partial charge on any atom is 0.322 e. The van der Waals surface area contributed by atoms with Gasteiger partial charge in [0.15, 0.2) is 0 Å². The van der Waals surface area contributed by atoms with Gasteiger partial charge in [0.25, 0.3) is 0 Å². The fraction of sp³-hybridized carbons (Fsp3) is 0.316. The minimum absolute atomic E-state index is 0.183. The van der Waals surface area contributed by atoms with Crippen molar-refractivity contribution < 1.29 is 13.9 Å². The lowest BCUT2D eigenvalue weighted by atomic mass is 10.2. The highest BCUT2D eigenvalue weighted by Crippen LogP contribution is 2.29. The highest BCUT2D eigenvalue weighted by molar-refractivity contribution is 9.10. The van der Waals surface area contributed by atoms with Crippen LogP contribution in [0.4, 0.5) is 20.6 Å². The Hall–Kier alpha value is -2.28. The Bertz CT molecular complexity index is 779. The molecular weight excluding hydrogens is 401 g/mol. The number of hydrogen-bond acceptors (Lipinski definition) is 3. The molecular formula is C19H21BrFN3O2. The quantitative estimate of drug-likeness (QED) is 0.798. The first kappa shape index (κ1) is 18.5. The van der Waals surface area contributed by atoms with E-state index < -0.39 is 5.82 Å². The molecule has 2 aromatic carbocycles. The summed E-state index contributed by atoms with van der Waals surface area (Å²) in [7, 11) is 0. The molecule has 3 rings (SSSR count). The number of benzene rings is 2. The van der Waals surface area contributed by atoms with Gasteiger partial charge in [0.1, 0.15) is 11.6 Å². The largest absolute Gasteiger partial charge is 0.492 e. The van der Waals surface area contributed by atoms with Crippen molar-refractivity contribution in [3.63, 3.8) is 0 Å². The van der Waals surface area contributed by atoms with Gasteiger partial charge in [0, 0.05) is 30.7 Å². The Morgan fingerprint density at radius 1 is 1.19 bits per heavy atom. The van der Waals surface area contributed by atoms with Crippen molar-refractivity contribution in [1.82, 2.24) is 4.90 Å². The molecule has 138 valence electrons. The molecule has 0 radical (unpaired) electrons. The number of rotatable bonds is 4. The third-order valence-corrected chi connectivity index (χ3v) is 4.74. The van der Waals surface area contributed by atoms with Gasteiger partial charge in [-0.05, 0) is 37.3 Å². The van der Waals surface area contributed by atoms with Gasteiger partial charge >= 0.3 is 6.03 Å². The van der Waals surface area contributed by atoms with Gasteiger partial charge in [-0.15, -0.1) is 0 Å². The Morgan fingerprint density at radius 2 is 1.92 bits per heavy atom. The number of hydrogen-bond donors (Lipinski definition) is 1. The van der Waals surface area contributed by atoms with Crippen LogP contribution in [0.3, 0.4) is 0 Å². The van der Waals surface area contributed by atoms with Gasteiger partial charge in [-0.3, -0.25) is 0 Å². The van der Waals surface area contributed by atoms with E-state index in [0.29, 0.717) is 37.3 Å². The van der Waals surface area contributed by atoms with Crippen LogP contribution in [-0.2, 0) is 0 Å². The van der Waals surface area contributed by atoms with Crippen LogP contribution in [0.25, 0.3) is 0 Å². The van der Waals surface area contributed by atoms with Gasteiger partial charge in [0.2, 0.25) is 0 Å². The molecule has 0 aliphatic carbocycles. The topological polar surface area (TPSA) is 44.8 Å². The number of nitrogens with zero attached hydrogens (tertiary/aromatic N) is 2. The molecule has 1 saturated heterocycles. The molecule has 1 aliphatic rings. The molecule has 1 fully saturated rings. The number of piperazine rings is 1. The normalized spacial score (nSPS) is 14.3. The number of anilines is 2. The molecule has 1 N–H and O–H groups in total. The van der Waals surface area contributed by atoms with E-state index in [2.05, 4.69) is 26.1 Å². The van der Waals surface area contributed by atoms with Gasteiger partial charge < -0.3 is 19.9 Å². The predicted molar refractivity (Wildman–Crippen MR) is 105 cm³/mol. The smallest absolute Gasteiger partial charge is 0.322 e. The number of carbonyl (C=O) groups is 1. The molecule has 0 spiro atoms. The summed E-state index contributed by atoms with van der Waals surface area (Å²) in [5.41, 5.74) is 1.22. The SMILES string of the molecule is CCOc1ccccc1N1CCN(C(=O)Nc2ccc(Br)cc2F)CC1. The van der Waals surface area contributed by atoms with Crippen molar-refractivity contribution >= 4 is 33.3 Å².